The van der Waals surface area contributed by atoms with Crippen LogP contribution >= 0.6 is 0 Å². The molecule has 19 heavy (non-hydrogen) atoms. The maximum Gasteiger partial charge on any atom is 0.311 e. The summed E-state index contributed by atoms with van der Waals surface area (Å²) in [6, 6.07) is 4.51. The maximum atomic E-state index is 13.8. The number of rotatable bonds is 6. The van der Waals surface area contributed by atoms with E-state index in [4.69, 9.17) is 4.74 Å². The molecule has 2 unspecified atom stereocenters. The molecule has 1 aromatic rings. The molecule has 0 bridgehead atoms. The molecule has 1 N–H and O–H groups in total. The summed E-state index contributed by atoms with van der Waals surface area (Å²) in [6.45, 7) is 5.68. The van der Waals surface area contributed by atoms with Crippen LogP contribution in [-0.4, -0.2) is 17.7 Å². The lowest BCUT2D eigenvalue weighted by atomic mass is 9.91. The number of aliphatic hydroxyl groups excluding tert-OH is 1. The van der Waals surface area contributed by atoms with E-state index in [0.29, 0.717) is 12.8 Å². The molecular weight excluding hydrogens is 247 g/mol. The zero-order chi connectivity index (χ0) is 14.4. The minimum atomic E-state index is -1.17. The Balaban J connectivity index is 3.01. The number of hydrogen-bond acceptors (Lipinski definition) is 3. The van der Waals surface area contributed by atoms with Gasteiger partial charge in [-0.2, -0.15) is 0 Å². The molecule has 0 saturated heterocycles. The summed E-state index contributed by atoms with van der Waals surface area (Å²) in [6.07, 6.45) is 0.0142. The van der Waals surface area contributed by atoms with Crippen LogP contribution in [0.25, 0.3) is 0 Å². The van der Waals surface area contributed by atoms with Gasteiger partial charge in [-0.3, -0.25) is 4.79 Å². The second-order valence-corrected chi connectivity index (χ2v) is 4.62. The van der Waals surface area contributed by atoms with Crippen molar-refractivity contribution in [2.75, 3.05) is 6.61 Å². The number of ether oxygens (including phenoxy) is 1. The first kappa shape index (κ1) is 15.6. The van der Waals surface area contributed by atoms with Crippen molar-refractivity contribution in [3.63, 3.8) is 0 Å². The van der Waals surface area contributed by atoms with Gasteiger partial charge in [-0.15, -0.1) is 0 Å². The fraction of sp³-hybridized carbons (Fsp3) is 0.533. The third kappa shape index (κ3) is 4.03. The first-order valence-electron chi connectivity index (χ1n) is 6.62. The number of halogens is 1. The molecular formula is C15H21FO3. The summed E-state index contributed by atoms with van der Waals surface area (Å²) in [5.41, 5.74) is 1.00. The Hall–Kier alpha value is -1.42. The zero-order valence-corrected chi connectivity index (χ0v) is 11.6. The quantitative estimate of drug-likeness (QED) is 0.806. The van der Waals surface area contributed by atoms with Gasteiger partial charge in [0.25, 0.3) is 0 Å². The average molecular weight is 268 g/mol. The molecule has 1 aromatic carbocycles. The van der Waals surface area contributed by atoms with Crippen molar-refractivity contribution in [1.82, 2.24) is 0 Å². The smallest absolute Gasteiger partial charge is 0.311 e. The first-order valence-corrected chi connectivity index (χ1v) is 6.62. The minimum absolute atomic E-state index is 0.159. The van der Waals surface area contributed by atoms with Crippen molar-refractivity contribution in [3.8, 4) is 0 Å². The molecule has 1 rings (SSSR count). The van der Waals surface area contributed by atoms with E-state index in [1.54, 1.807) is 19.1 Å². The first-order chi connectivity index (χ1) is 9.01. The number of benzene rings is 1. The highest BCUT2D eigenvalue weighted by Gasteiger charge is 2.30. The number of aliphatic hydroxyl groups is 1. The van der Waals surface area contributed by atoms with Crippen LogP contribution in [0.4, 0.5) is 4.39 Å². The molecule has 0 spiro atoms. The highest BCUT2D eigenvalue weighted by atomic mass is 19.1. The van der Waals surface area contributed by atoms with Crippen LogP contribution in [0.2, 0.25) is 0 Å². The Morgan fingerprint density at radius 3 is 2.68 bits per heavy atom. The van der Waals surface area contributed by atoms with Crippen molar-refractivity contribution >= 4 is 5.97 Å². The van der Waals surface area contributed by atoms with E-state index in [-0.39, 0.29) is 12.2 Å². The predicted molar refractivity (Wildman–Crippen MR) is 71.1 cm³/mol. The molecule has 0 aliphatic heterocycles. The highest BCUT2D eigenvalue weighted by molar-refractivity contribution is 5.73. The van der Waals surface area contributed by atoms with Gasteiger partial charge in [0, 0.05) is 5.56 Å². The molecule has 0 aliphatic carbocycles. The van der Waals surface area contributed by atoms with Gasteiger partial charge in [0.15, 0.2) is 0 Å². The lowest BCUT2D eigenvalue weighted by Crippen LogP contribution is -2.25. The molecule has 0 aromatic heterocycles. The van der Waals surface area contributed by atoms with Crippen LogP contribution in [0.1, 0.15) is 43.9 Å². The second kappa shape index (κ2) is 7.24. The fourth-order valence-corrected chi connectivity index (χ4v) is 2.07. The van der Waals surface area contributed by atoms with E-state index in [1.165, 1.54) is 6.07 Å². The highest BCUT2D eigenvalue weighted by Crippen LogP contribution is 2.29. The monoisotopic (exact) mass is 268 g/mol. The molecule has 2 atom stereocenters. The standard InChI is InChI=1S/C15H21FO3/c1-4-6-11(15(18)19-5-2)14(17)12-9-10(3)7-8-13(12)16/h7-9,11,14,17H,4-6H2,1-3H3. The summed E-state index contributed by atoms with van der Waals surface area (Å²) in [5.74, 6) is -1.69. The molecule has 0 saturated carbocycles. The van der Waals surface area contributed by atoms with Gasteiger partial charge in [-0.25, -0.2) is 4.39 Å². The van der Waals surface area contributed by atoms with Crippen LogP contribution in [0.3, 0.4) is 0 Å². The predicted octanol–water partition coefficient (Wildman–Crippen LogP) is 3.15. The number of esters is 1. The van der Waals surface area contributed by atoms with E-state index >= 15 is 0 Å². The van der Waals surface area contributed by atoms with Crippen LogP contribution < -0.4 is 0 Å². The SMILES string of the molecule is CCCC(C(=O)OCC)C(O)c1cc(C)ccc1F. The molecule has 3 nitrogen and oxygen atoms in total. The van der Waals surface area contributed by atoms with Crippen molar-refractivity contribution in [3.05, 3.63) is 35.1 Å². The molecule has 0 heterocycles. The van der Waals surface area contributed by atoms with Gasteiger partial charge in [0.2, 0.25) is 0 Å². The van der Waals surface area contributed by atoms with Crippen LogP contribution in [0.15, 0.2) is 18.2 Å². The normalized spacial score (nSPS) is 13.9. The Bertz CT molecular complexity index is 431. The van der Waals surface area contributed by atoms with Crippen molar-refractivity contribution in [2.45, 2.75) is 39.7 Å². The van der Waals surface area contributed by atoms with Gasteiger partial charge in [-0.05, 0) is 26.3 Å². The van der Waals surface area contributed by atoms with Crippen LogP contribution in [0, 0.1) is 18.7 Å². The van der Waals surface area contributed by atoms with E-state index in [1.807, 2.05) is 13.8 Å². The lowest BCUT2D eigenvalue weighted by molar-refractivity contribution is -0.152. The molecule has 106 valence electrons. The fourth-order valence-electron chi connectivity index (χ4n) is 2.07. The van der Waals surface area contributed by atoms with E-state index < -0.39 is 23.8 Å². The van der Waals surface area contributed by atoms with Crippen LogP contribution in [0.5, 0.6) is 0 Å². The number of carbonyl (C=O) groups is 1. The maximum absolute atomic E-state index is 13.8. The van der Waals surface area contributed by atoms with Crippen molar-refractivity contribution in [2.24, 2.45) is 5.92 Å². The third-order valence-corrected chi connectivity index (χ3v) is 3.04. The van der Waals surface area contributed by atoms with Gasteiger partial charge in [0.05, 0.1) is 18.6 Å². The second-order valence-electron chi connectivity index (χ2n) is 4.62. The van der Waals surface area contributed by atoms with Gasteiger partial charge in [0.1, 0.15) is 5.82 Å². The molecule has 0 fully saturated rings. The largest absolute Gasteiger partial charge is 0.466 e. The number of aryl methyl sites for hydroxylation is 1. The Morgan fingerprint density at radius 2 is 2.11 bits per heavy atom. The summed E-state index contributed by atoms with van der Waals surface area (Å²) < 4.78 is 18.7. The van der Waals surface area contributed by atoms with Gasteiger partial charge >= 0.3 is 5.97 Å². The summed E-state index contributed by atoms with van der Waals surface area (Å²) in [4.78, 5) is 11.8. The van der Waals surface area contributed by atoms with Crippen molar-refractivity contribution < 1.29 is 19.0 Å². The average Bonchev–Trinajstić information content (AvgIpc) is 2.38. The Labute approximate surface area is 113 Å². The minimum Gasteiger partial charge on any atom is -0.466 e. The van der Waals surface area contributed by atoms with Crippen molar-refractivity contribution in [1.29, 1.82) is 0 Å². The number of hydrogen-bond donors (Lipinski definition) is 1. The summed E-state index contributed by atoms with van der Waals surface area (Å²) in [5, 5.41) is 10.3. The number of carbonyl (C=O) groups excluding carboxylic acids is 1. The van der Waals surface area contributed by atoms with Crippen LogP contribution in [-0.2, 0) is 9.53 Å². The lowest BCUT2D eigenvalue weighted by Gasteiger charge is -2.22. The third-order valence-electron chi connectivity index (χ3n) is 3.04. The molecule has 0 radical (unpaired) electrons. The van der Waals surface area contributed by atoms with Gasteiger partial charge in [-0.1, -0.05) is 31.0 Å². The topological polar surface area (TPSA) is 46.5 Å². The van der Waals surface area contributed by atoms with Gasteiger partial charge < -0.3 is 9.84 Å². The Kier molecular flexibility index (Phi) is 5.96. The molecule has 0 amide bonds. The van der Waals surface area contributed by atoms with E-state index in [0.717, 1.165) is 5.56 Å². The summed E-state index contributed by atoms with van der Waals surface area (Å²) >= 11 is 0. The molecule has 4 heteroatoms. The zero-order valence-electron chi connectivity index (χ0n) is 11.6. The molecule has 0 aliphatic rings. The van der Waals surface area contributed by atoms with E-state index in [9.17, 15) is 14.3 Å². The van der Waals surface area contributed by atoms with E-state index in [2.05, 4.69) is 0 Å². The summed E-state index contributed by atoms with van der Waals surface area (Å²) in [7, 11) is 0. The Morgan fingerprint density at radius 1 is 1.42 bits per heavy atom.